The van der Waals surface area contributed by atoms with Crippen molar-refractivity contribution in [2.75, 3.05) is 16.8 Å². The van der Waals surface area contributed by atoms with Gasteiger partial charge in [-0.3, -0.25) is 4.79 Å². The van der Waals surface area contributed by atoms with Crippen molar-refractivity contribution in [3.8, 4) is 0 Å². The highest BCUT2D eigenvalue weighted by molar-refractivity contribution is 5.96. The van der Waals surface area contributed by atoms with E-state index in [4.69, 9.17) is 4.74 Å². The van der Waals surface area contributed by atoms with Gasteiger partial charge in [0.25, 0.3) is 0 Å². The van der Waals surface area contributed by atoms with Gasteiger partial charge < -0.3 is 15.0 Å². The van der Waals surface area contributed by atoms with Crippen molar-refractivity contribution < 1.29 is 14.3 Å². The molecular weight excluding hydrogens is 400 g/mol. The lowest BCUT2D eigenvalue weighted by molar-refractivity contribution is -0.117. The van der Waals surface area contributed by atoms with Crippen LogP contribution in [-0.4, -0.2) is 24.5 Å². The number of rotatable bonds is 5. The van der Waals surface area contributed by atoms with Gasteiger partial charge in [0.15, 0.2) is 0 Å². The molecule has 0 radical (unpaired) electrons. The van der Waals surface area contributed by atoms with E-state index in [-0.39, 0.29) is 24.0 Å². The summed E-state index contributed by atoms with van der Waals surface area (Å²) in [5, 5.41) is 3.67. The number of amides is 1. The van der Waals surface area contributed by atoms with Crippen LogP contribution in [0.4, 0.5) is 11.4 Å². The standard InChI is InChI=1S/C27H34N2O3/c1-4-32-27(31)22-12-15-26-24(17-22)25(16-18(2)29(26)19(3)30)28-23-13-10-21(11-14-23)20-8-6-5-7-9-20/h10-15,17-18,20,25,28H,4-9,16H2,1-3H3/t18-,25+/m0/s1. The van der Waals surface area contributed by atoms with Crippen LogP contribution in [0.2, 0.25) is 0 Å². The van der Waals surface area contributed by atoms with Crippen LogP contribution < -0.4 is 10.2 Å². The van der Waals surface area contributed by atoms with Crippen LogP contribution in [0, 0.1) is 0 Å². The predicted octanol–water partition coefficient (Wildman–Crippen LogP) is 6.21. The summed E-state index contributed by atoms with van der Waals surface area (Å²) >= 11 is 0. The molecule has 1 aliphatic carbocycles. The lowest BCUT2D eigenvalue weighted by Gasteiger charge is -2.39. The predicted molar refractivity (Wildman–Crippen MR) is 128 cm³/mol. The summed E-state index contributed by atoms with van der Waals surface area (Å²) in [4.78, 5) is 26.5. The van der Waals surface area contributed by atoms with Crippen molar-refractivity contribution in [3.05, 3.63) is 59.2 Å². The Hall–Kier alpha value is -2.82. The Labute approximate surface area is 191 Å². The van der Waals surface area contributed by atoms with E-state index < -0.39 is 0 Å². The number of carbonyl (C=O) groups excluding carboxylic acids is 2. The molecule has 1 N–H and O–H groups in total. The Balaban J connectivity index is 1.60. The van der Waals surface area contributed by atoms with Crippen molar-refractivity contribution in [3.63, 3.8) is 0 Å². The summed E-state index contributed by atoms with van der Waals surface area (Å²) in [5.41, 5.74) is 4.83. The third-order valence-electron chi connectivity index (χ3n) is 6.86. The molecule has 0 unspecified atom stereocenters. The Morgan fingerprint density at radius 2 is 1.78 bits per heavy atom. The molecule has 0 spiro atoms. The fourth-order valence-corrected chi connectivity index (χ4v) is 5.31. The molecule has 2 atom stereocenters. The number of anilines is 2. The molecule has 0 saturated heterocycles. The minimum Gasteiger partial charge on any atom is -0.462 e. The van der Waals surface area contributed by atoms with Crippen molar-refractivity contribution in [2.24, 2.45) is 0 Å². The fraction of sp³-hybridized carbons (Fsp3) is 0.481. The van der Waals surface area contributed by atoms with E-state index >= 15 is 0 Å². The highest BCUT2D eigenvalue weighted by atomic mass is 16.5. The molecule has 1 fully saturated rings. The average Bonchev–Trinajstić information content (AvgIpc) is 2.80. The maximum absolute atomic E-state index is 12.4. The molecule has 170 valence electrons. The molecule has 2 aliphatic rings. The molecule has 5 heteroatoms. The number of hydrogen-bond donors (Lipinski definition) is 1. The summed E-state index contributed by atoms with van der Waals surface area (Å²) in [7, 11) is 0. The summed E-state index contributed by atoms with van der Waals surface area (Å²) in [6.45, 7) is 5.81. The molecule has 1 amide bonds. The first-order chi connectivity index (χ1) is 15.5. The van der Waals surface area contributed by atoms with Crippen molar-refractivity contribution in [2.45, 2.75) is 77.3 Å². The van der Waals surface area contributed by atoms with Gasteiger partial charge in [0, 0.05) is 24.3 Å². The van der Waals surface area contributed by atoms with Crippen LogP contribution in [0.5, 0.6) is 0 Å². The molecule has 1 heterocycles. The van der Waals surface area contributed by atoms with Gasteiger partial charge in [-0.15, -0.1) is 0 Å². The third-order valence-corrected chi connectivity index (χ3v) is 6.86. The van der Waals surface area contributed by atoms with Gasteiger partial charge in [-0.1, -0.05) is 31.4 Å². The number of nitrogens with zero attached hydrogens (tertiary/aromatic N) is 1. The second kappa shape index (κ2) is 9.76. The van der Waals surface area contributed by atoms with Crippen molar-refractivity contribution in [1.29, 1.82) is 0 Å². The molecule has 4 rings (SSSR count). The number of ether oxygens (including phenoxy) is 1. The molecule has 32 heavy (non-hydrogen) atoms. The van der Waals surface area contributed by atoms with Gasteiger partial charge in [0.05, 0.1) is 18.2 Å². The highest BCUT2D eigenvalue weighted by Crippen LogP contribution is 2.40. The number of carbonyl (C=O) groups is 2. The van der Waals surface area contributed by atoms with Crippen molar-refractivity contribution >= 4 is 23.3 Å². The summed E-state index contributed by atoms with van der Waals surface area (Å²) < 4.78 is 5.20. The normalized spacial score (nSPS) is 21.0. The molecule has 5 nitrogen and oxygen atoms in total. The van der Waals surface area contributed by atoms with Crippen LogP contribution in [0.25, 0.3) is 0 Å². The SMILES string of the molecule is CCOC(=O)c1ccc2c(c1)[C@H](Nc1ccc(C3CCCCC3)cc1)C[C@H](C)N2C(C)=O. The number of fused-ring (bicyclic) bond motifs is 1. The first-order valence-corrected chi connectivity index (χ1v) is 11.9. The van der Waals surface area contributed by atoms with E-state index in [1.54, 1.807) is 19.9 Å². The van der Waals surface area contributed by atoms with E-state index in [9.17, 15) is 9.59 Å². The van der Waals surface area contributed by atoms with Gasteiger partial charge in [0.2, 0.25) is 5.91 Å². The highest BCUT2D eigenvalue weighted by Gasteiger charge is 2.33. The maximum atomic E-state index is 12.4. The first kappa shape index (κ1) is 22.4. The first-order valence-electron chi connectivity index (χ1n) is 11.9. The Bertz CT molecular complexity index is 963. The van der Waals surface area contributed by atoms with E-state index in [0.29, 0.717) is 18.1 Å². The average molecular weight is 435 g/mol. The fourth-order valence-electron chi connectivity index (χ4n) is 5.31. The quantitative estimate of drug-likeness (QED) is 0.569. The lowest BCUT2D eigenvalue weighted by Crippen LogP contribution is -2.43. The number of nitrogens with one attached hydrogen (secondary N) is 1. The van der Waals surface area contributed by atoms with Crippen LogP contribution in [0.3, 0.4) is 0 Å². The van der Waals surface area contributed by atoms with E-state index in [1.807, 2.05) is 17.0 Å². The van der Waals surface area contributed by atoms with Gasteiger partial charge in [-0.25, -0.2) is 4.79 Å². The maximum Gasteiger partial charge on any atom is 0.338 e. The largest absolute Gasteiger partial charge is 0.462 e. The second-order valence-electron chi connectivity index (χ2n) is 9.12. The topological polar surface area (TPSA) is 58.6 Å². The molecule has 1 aliphatic heterocycles. The van der Waals surface area contributed by atoms with Gasteiger partial charge >= 0.3 is 5.97 Å². The molecule has 2 aromatic rings. The Morgan fingerprint density at radius 1 is 1.06 bits per heavy atom. The number of hydrogen-bond acceptors (Lipinski definition) is 4. The van der Waals surface area contributed by atoms with Crippen LogP contribution >= 0.6 is 0 Å². The molecule has 2 aromatic carbocycles. The summed E-state index contributed by atoms with van der Waals surface area (Å²) in [6, 6.07) is 14.4. The lowest BCUT2D eigenvalue weighted by atomic mass is 9.84. The van der Waals surface area contributed by atoms with Crippen LogP contribution in [0.15, 0.2) is 42.5 Å². The molecule has 0 bridgehead atoms. The Morgan fingerprint density at radius 3 is 2.44 bits per heavy atom. The smallest absolute Gasteiger partial charge is 0.338 e. The second-order valence-corrected chi connectivity index (χ2v) is 9.12. The monoisotopic (exact) mass is 434 g/mol. The van der Waals surface area contributed by atoms with E-state index in [0.717, 1.165) is 23.4 Å². The minimum atomic E-state index is -0.334. The zero-order chi connectivity index (χ0) is 22.7. The third kappa shape index (κ3) is 4.67. The zero-order valence-corrected chi connectivity index (χ0v) is 19.4. The van der Waals surface area contributed by atoms with Crippen molar-refractivity contribution in [1.82, 2.24) is 0 Å². The number of esters is 1. The summed E-state index contributed by atoms with van der Waals surface area (Å²) in [6.07, 6.45) is 7.37. The van der Waals surface area contributed by atoms with Gasteiger partial charge in [-0.05, 0) is 80.5 Å². The molecule has 1 saturated carbocycles. The van der Waals surface area contributed by atoms with E-state index in [2.05, 4.69) is 36.5 Å². The van der Waals surface area contributed by atoms with Gasteiger partial charge in [-0.2, -0.15) is 0 Å². The molecular formula is C27H34N2O3. The Kier molecular flexibility index (Phi) is 6.83. The van der Waals surface area contributed by atoms with Gasteiger partial charge in [0.1, 0.15) is 0 Å². The number of benzene rings is 2. The van der Waals surface area contributed by atoms with Crippen LogP contribution in [-0.2, 0) is 9.53 Å². The van der Waals surface area contributed by atoms with E-state index in [1.165, 1.54) is 37.7 Å². The van der Waals surface area contributed by atoms with Crippen LogP contribution in [0.1, 0.15) is 92.7 Å². The summed E-state index contributed by atoms with van der Waals surface area (Å²) in [5.74, 6) is 0.362. The minimum absolute atomic E-state index is 0.00510. The molecule has 0 aromatic heterocycles. The zero-order valence-electron chi connectivity index (χ0n) is 19.4.